The van der Waals surface area contributed by atoms with Crippen molar-refractivity contribution in [2.45, 2.75) is 47.0 Å². The topological polar surface area (TPSA) is 90.0 Å². The van der Waals surface area contributed by atoms with Gasteiger partial charge in [-0.3, -0.25) is 9.78 Å². The second kappa shape index (κ2) is 13.5. The molecule has 2 aromatic rings. The molecular formula is C25H36N4O3. The molecule has 0 fully saturated rings. The minimum absolute atomic E-state index is 0.175. The van der Waals surface area contributed by atoms with Crippen LogP contribution in [0.4, 0.5) is 0 Å². The van der Waals surface area contributed by atoms with E-state index in [0.717, 1.165) is 44.6 Å². The van der Waals surface area contributed by atoms with Gasteiger partial charge in [0, 0.05) is 23.0 Å². The summed E-state index contributed by atoms with van der Waals surface area (Å²) < 4.78 is 11.1. The van der Waals surface area contributed by atoms with Crippen molar-refractivity contribution in [2.75, 3.05) is 32.8 Å². The summed E-state index contributed by atoms with van der Waals surface area (Å²) in [6.07, 6.45) is 4.75. The lowest BCUT2D eigenvalue weighted by molar-refractivity contribution is 0.100. The number of nitrogens with two attached hydrogens (primary N) is 1. The molecule has 7 nitrogen and oxygen atoms in total. The number of rotatable bonds is 13. The monoisotopic (exact) mass is 440 g/mol. The zero-order chi connectivity index (χ0) is 23.3. The molecule has 1 heterocycles. The number of ether oxygens (including phenoxy) is 2. The highest BCUT2D eigenvalue weighted by molar-refractivity contribution is 6.08. The van der Waals surface area contributed by atoms with E-state index < -0.39 is 5.91 Å². The van der Waals surface area contributed by atoms with Gasteiger partial charge in [-0.05, 0) is 83.1 Å². The molecular weight excluding hydrogens is 404 g/mol. The van der Waals surface area contributed by atoms with Gasteiger partial charge in [0.1, 0.15) is 5.84 Å². The summed E-state index contributed by atoms with van der Waals surface area (Å²) in [5, 5.41) is 0. The number of hydrogen-bond acceptors (Lipinski definition) is 5. The van der Waals surface area contributed by atoms with Gasteiger partial charge >= 0.3 is 0 Å². The minimum Gasteiger partial charge on any atom is -0.490 e. The van der Waals surface area contributed by atoms with Gasteiger partial charge in [0.25, 0.3) is 5.91 Å². The van der Waals surface area contributed by atoms with E-state index in [2.05, 4.69) is 28.7 Å². The van der Waals surface area contributed by atoms with Crippen LogP contribution in [0.1, 0.15) is 62.2 Å². The van der Waals surface area contributed by atoms with Gasteiger partial charge in [0.2, 0.25) is 0 Å². The van der Waals surface area contributed by atoms with E-state index in [1.165, 1.54) is 0 Å². The maximum absolute atomic E-state index is 12.7. The molecule has 1 aromatic heterocycles. The first kappa shape index (κ1) is 25.3. The molecule has 0 saturated carbocycles. The van der Waals surface area contributed by atoms with E-state index in [1.807, 2.05) is 19.9 Å². The number of benzene rings is 1. The van der Waals surface area contributed by atoms with E-state index >= 15 is 0 Å². The summed E-state index contributed by atoms with van der Waals surface area (Å²) in [5.74, 6) is 0.866. The first-order valence-electron chi connectivity index (χ1n) is 11.5. The molecule has 0 radical (unpaired) electrons. The summed E-state index contributed by atoms with van der Waals surface area (Å²) >= 11 is 0. The molecule has 0 bridgehead atoms. The third-order valence-corrected chi connectivity index (χ3v) is 5.18. The number of pyridine rings is 1. The van der Waals surface area contributed by atoms with Crippen LogP contribution in [0.5, 0.6) is 11.5 Å². The van der Waals surface area contributed by atoms with Crippen molar-refractivity contribution in [1.29, 1.82) is 0 Å². The minimum atomic E-state index is -0.427. The highest BCUT2D eigenvalue weighted by atomic mass is 16.5. The maximum Gasteiger partial charge on any atom is 0.279 e. The average molecular weight is 441 g/mol. The van der Waals surface area contributed by atoms with Gasteiger partial charge < -0.3 is 20.1 Å². The van der Waals surface area contributed by atoms with E-state index in [-0.39, 0.29) is 5.84 Å². The van der Waals surface area contributed by atoms with Gasteiger partial charge in [0.15, 0.2) is 11.5 Å². The Bertz CT molecular complexity index is 895. The molecule has 0 aliphatic carbocycles. The van der Waals surface area contributed by atoms with E-state index in [0.29, 0.717) is 35.8 Å². The summed E-state index contributed by atoms with van der Waals surface area (Å²) in [5.41, 5.74) is 8.19. The number of amidine groups is 1. The molecule has 2 N–H and O–H groups in total. The maximum atomic E-state index is 12.7. The molecule has 0 atom stereocenters. The number of amides is 1. The Morgan fingerprint density at radius 3 is 2.38 bits per heavy atom. The van der Waals surface area contributed by atoms with Crippen LogP contribution >= 0.6 is 0 Å². The molecule has 174 valence electrons. The number of hydrogen-bond donors (Lipinski definition) is 1. The zero-order valence-corrected chi connectivity index (χ0v) is 19.8. The quantitative estimate of drug-likeness (QED) is 0.287. The Morgan fingerprint density at radius 2 is 1.69 bits per heavy atom. The summed E-state index contributed by atoms with van der Waals surface area (Å²) in [6.45, 7) is 12.4. The second-order valence-corrected chi connectivity index (χ2v) is 7.35. The predicted octanol–water partition coefficient (Wildman–Crippen LogP) is 4.09. The summed E-state index contributed by atoms with van der Waals surface area (Å²) in [6, 6.07) is 8.71. The fourth-order valence-electron chi connectivity index (χ4n) is 3.38. The molecule has 0 spiro atoms. The lowest BCUT2D eigenvalue weighted by atomic mass is 10.1. The van der Waals surface area contributed by atoms with Crippen LogP contribution in [-0.2, 0) is 6.42 Å². The van der Waals surface area contributed by atoms with Gasteiger partial charge in [-0.2, -0.15) is 4.99 Å². The van der Waals surface area contributed by atoms with E-state index in [9.17, 15) is 4.79 Å². The number of unbranched alkanes of at least 4 members (excludes halogenated alkanes) is 1. The average Bonchev–Trinajstić information content (AvgIpc) is 2.80. The molecule has 0 aliphatic heterocycles. The van der Waals surface area contributed by atoms with E-state index in [1.54, 1.807) is 30.5 Å². The Kier molecular flexibility index (Phi) is 10.7. The number of carbonyl (C=O) groups excluding carboxylic acids is 1. The van der Waals surface area contributed by atoms with Crippen LogP contribution in [0.2, 0.25) is 0 Å². The molecule has 1 aromatic carbocycles. The molecule has 32 heavy (non-hydrogen) atoms. The van der Waals surface area contributed by atoms with Crippen molar-refractivity contribution in [2.24, 2.45) is 10.7 Å². The molecule has 7 heteroatoms. The van der Waals surface area contributed by atoms with Crippen LogP contribution in [-0.4, -0.2) is 54.5 Å². The van der Waals surface area contributed by atoms with Gasteiger partial charge in [0.05, 0.1) is 13.2 Å². The highest BCUT2D eigenvalue weighted by Crippen LogP contribution is 2.28. The van der Waals surface area contributed by atoms with Crippen molar-refractivity contribution in [3.63, 3.8) is 0 Å². The number of aromatic nitrogens is 1. The largest absolute Gasteiger partial charge is 0.490 e. The normalized spacial score (nSPS) is 11.6. The number of nitrogens with zero attached hydrogens (tertiary/aromatic N) is 3. The van der Waals surface area contributed by atoms with Crippen molar-refractivity contribution in [1.82, 2.24) is 9.88 Å². The number of carbonyl (C=O) groups is 1. The van der Waals surface area contributed by atoms with Gasteiger partial charge in [-0.15, -0.1) is 0 Å². The SMILES string of the molecule is CCOc1ccc(C(=O)N=C(N)c2ccnc(CCCCN(CC)CC)c2)cc1OCC. The second-order valence-electron chi connectivity index (χ2n) is 7.35. The third-order valence-electron chi connectivity index (χ3n) is 5.18. The van der Waals surface area contributed by atoms with E-state index in [4.69, 9.17) is 15.2 Å². The van der Waals surface area contributed by atoms with Gasteiger partial charge in [-0.1, -0.05) is 13.8 Å². The predicted molar refractivity (Wildman–Crippen MR) is 129 cm³/mol. The molecule has 2 rings (SSSR count). The van der Waals surface area contributed by atoms with Crippen molar-refractivity contribution in [3.05, 3.63) is 53.3 Å². The lowest BCUT2D eigenvalue weighted by Gasteiger charge is -2.17. The number of aryl methyl sites for hydroxylation is 1. The Hall–Kier alpha value is -2.93. The molecule has 1 amide bonds. The first-order chi connectivity index (χ1) is 15.5. The standard InChI is InChI=1S/C25H36N4O3/c1-5-29(6-2)16-10-9-11-21-17-19(14-15-27-21)24(26)28-25(30)20-12-13-22(31-7-3)23(18-20)32-8-4/h12-15,17-18H,5-11,16H2,1-4H3,(H2,26,28,30). The van der Waals surface area contributed by atoms with Crippen LogP contribution in [0.25, 0.3) is 0 Å². The smallest absolute Gasteiger partial charge is 0.279 e. The van der Waals surface area contributed by atoms with Crippen molar-refractivity contribution in [3.8, 4) is 11.5 Å². The van der Waals surface area contributed by atoms with Crippen molar-refractivity contribution >= 4 is 11.7 Å². The van der Waals surface area contributed by atoms with Crippen LogP contribution in [0, 0.1) is 0 Å². The summed E-state index contributed by atoms with van der Waals surface area (Å²) in [4.78, 5) is 23.6. The fraction of sp³-hybridized carbons (Fsp3) is 0.480. The van der Waals surface area contributed by atoms with Crippen molar-refractivity contribution < 1.29 is 14.3 Å². The van der Waals surface area contributed by atoms with Crippen LogP contribution in [0.15, 0.2) is 41.5 Å². The van der Waals surface area contributed by atoms with Crippen LogP contribution < -0.4 is 15.2 Å². The number of aliphatic imine (C=N–C) groups is 1. The zero-order valence-electron chi connectivity index (χ0n) is 19.8. The molecule has 0 unspecified atom stereocenters. The first-order valence-corrected chi connectivity index (χ1v) is 11.5. The summed E-state index contributed by atoms with van der Waals surface area (Å²) in [7, 11) is 0. The van der Waals surface area contributed by atoms with Gasteiger partial charge in [-0.25, -0.2) is 0 Å². The third kappa shape index (κ3) is 7.64. The Balaban J connectivity index is 2.06. The molecule has 0 aliphatic rings. The molecule has 0 saturated heterocycles. The lowest BCUT2D eigenvalue weighted by Crippen LogP contribution is -2.24. The Morgan fingerprint density at radius 1 is 0.969 bits per heavy atom. The van der Waals surface area contributed by atoms with Crippen LogP contribution in [0.3, 0.4) is 0 Å². The Labute approximate surface area is 191 Å². The highest BCUT2D eigenvalue weighted by Gasteiger charge is 2.12. The fourth-order valence-corrected chi connectivity index (χ4v) is 3.38.